The molecule has 0 saturated carbocycles. The average molecular weight is 367 g/mol. The molecular weight excluding hydrogens is 342 g/mol. The van der Waals surface area contributed by atoms with Crippen molar-refractivity contribution in [3.63, 3.8) is 0 Å². The Kier molecular flexibility index (Phi) is 6.06. The van der Waals surface area contributed by atoms with Gasteiger partial charge in [-0.3, -0.25) is 14.9 Å². The van der Waals surface area contributed by atoms with E-state index in [-0.39, 0.29) is 23.6 Å². The van der Waals surface area contributed by atoms with E-state index >= 15 is 0 Å². The van der Waals surface area contributed by atoms with Crippen molar-refractivity contribution in [3.05, 3.63) is 70.3 Å². The second kappa shape index (κ2) is 8.66. The van der Waals surface area contributed by atoms with E-state index in [4.69, 9.17) is 0 Å². The Morgan fingerprint density at radius 3 is 2.33 bits per heavy atom. The van der Waals surface area contributed by atoms with Crippen molar-refractivity contribution in [2.24, 2.45) is 0 Å². The number of anilines is 1. The maximum atomic E-state index is 12.9. The fourth-order valence-electron chi connectivity index (χ4n) is 3.62. The summed E-state index contributed by atoms with van der Waals surface area (Å²) in [6, 6.07) is 16.7. The van der Waals surface area contributed by atoms with Gasteiger partial charge < -0.3 is 10.2 Å². The highest BCUT2D eigenvalue weighted by Gasteiger charge is 2.28. The molecule has 2 aromatic rings. The van der Waals surface area contributed by atoms with Gasteiger partial charge in [0.15, 0.2) is 0 Å². The molecule has 0 aliphatic carbocycles. The van der Waals surface area contributed by atoms with Crippen LogP contribution in [-0.4, -0.2) is 34.9 Å². The third-order valence-corrected chi connectivity index (χ3v) is 5.16. The van der Waals surface area contributed by atoms with Crippen molar-refractivity contribution >= 4 is 17.3 Å². The molecule has 1 atom stereocenters. The summed E-state index contributed by atoms with van der Waals surface area (Å²) in [5.41, 5.74) is 2.05. The van der Waals surface area contributed by atoms with Crippen molar-refractivity contribution in [1.82, 2.24) is 4.90 Å². The fourth-order valence-corrected chi connectivity index (χ4v) is 3.62. The molecule has 1 fully saturated rings. The zero-order chi connectivity index (χ0) is 19.2. The summed E-state index contributed by atoms with van der Waals surface area (Å²) < 4.78 is 0. The van der Waals surface area contributed by atoms with Gasteiger partial charge in [-0.2, -0.15) is 0 Å². The van der Waals surface area contributed by atoms with Crippen LogP contribution in [0.1, 0.15) is 37.7 Å². The summed E-state index contributed by atoms with van der Waals surface area (Å²) in [6.45, 7) is 3.51. The van der Waals surface area contributed by atoms with E-state index in [9.17, 15) is 14.9 Å². The largest absolute Gasteiger partial charge is 0.382 e. The molecule has 6 nitrogen and oxygen atoms in total. The summed E-state index contributed by atoms with van der Waals surface area (Å²) in [4.78, 5) is 25.2. The number of carbonyl (C=O) groups is 1. The minimum Gasteiger partial charge on any atom is -0.382 e. The Labute approximate surface area is 159 Å². The number of nitrogens with zero attached hydrogens (tertiary/aromatic N) is 2. The van der Waals surface area contributed by atoms with Crippen molar-refractivity contribution in [3.8, 4) is 0 Å². The second-order valence-electron chi connectivity index (χ2n) is 6.92. The number of nitrogens with one attached hydrogen (secondary N) is 1. The molecule has 6 heteroatoms. The molecular formula is C21H25N3O3. The molecule has 1 N–H and O–H groups in total. The third kappa shape index (κ3) is 4.64. The zero-order valence-electron chi connectivity index (χ0n) is 15.5. The predicted molar refractivity (Wildman–Crippen MR) is 106 cm³/mol. The van der Waals surface area contributed by atoms with E-state index in [0.29, 0.717) is 0 Å². The Morgan fingerprint density at radius 2 is 1.78 bits per heavy atom. The van der Waals surface area contributed by atoms with Crippen LogP contribution in [0.2, 0.25) is 0 Å². The average Bonchev–Trinajstić information content (AvgIpc) is 2.70. The van der Waals surface area contributed by atoms with Gasteiger partial charge in [-0.1, -0.05) is 37.3 Å². The van der Waals surface area contributed by atoms with Gasteiger partial charge in [-0.25, -0.2) is 0 Å². The van der Waals surface area contributed by atoms with Crippen molar-refractivity contribution in [1.29, 1.82) is 0 Å². The molecule has 1 heterocycles. The number of carbonyl (C=O) groups excluding carboxylic acids is 1. The highest BCUT2D eigenvalue weighted by atomic mass is 16.6. The van der Waals surface area contributed by atoms with Gasteiger partial charge in [0.25, 0.3) is 5.69 Å². The summed E-state index contributed by atoms with van der Waals surface area (Å²) in [6.07, 6.45) is 2.53. The number of hydrogen-bond donors (Lipinski definition) is 1. The first-order valence-corrected chi connectivity index (χ1v) is 9.43. The summed E-state index contributed by atoms with van der Waals surface area (Å²) in [7, 11) is 0. The van der Waals surface area contributed by atoms with Gasteiger partial charge in [0.1, 0.15) is 0 Å². The minimum absolute atomic E-state index is 0.0784. The summed E-state index contributed by atoms with van der Waals surface area (Å²) in [5.74, 6) is 0.128. The van der Waals surface area contributed by atoms with Gasteiger partial charge in [-0.05, 0) is 37.0 Å². The Bertz CT molecular complexity index is 769. The molecule has 27 heavy (non-hydrogen) atoms. The van der Waals surface area contributed by atoms with E-state index in [1.54, 1.807) is 12.1 Å². The number of rotatable bonds is 6. The SMILES string of the molecule is CCC(C(=O)N1CCC(Nc2ccc([N+](=O)[O-])cc2)CC1)c1ccccc1. The standard InChI is InChI=1S/C21H25N3O3/c1-2-20(16-6-4-3-5-7-16)21(25)23-14-12-18(13-15-23)22-17-8-10-19(11-9-17)24(26)27/h3-11,18,20,22H,2,12-15H2,1H3. The zero-order valence-corrected chi connectivity index (χ0v) is 15.5. The lowest BCUT2D eigenvalue weighted by Gasteiger charge is -2.35. The molecule has 0 bridgehead atoms. The normalized spacial score (nSPS) is 16.0. The van der Waals surface area contributed by atoms with E-state index in [2.05, 4.69) is 12.2 Å². The van der Waals surface area contributed by atoms with Gasteiger partial charge >= 0.3 is 0 Å². The molecule has 0 radical (unpaired) electrons. The first-order chi connectivity index (χ1) is 13.1. The topological polar surface area (TPSA) is 75.5 Å². The number of non-ortho nitro benzene ring substituents is 1. The maximum absolute atomic E-state index is 12.9. The first-order valence-electron chi connectivity index (χ1n) is 9.43. The fraction of sp³-hybridized carbons (Fsp3) is 0.381. The number of nitro groups is 1. The summed E-state index contributed by atoms with van der Waals surface area (Å²) >= 11 is 0. The van der Waals surface area contributed by atoms with E-state index in [1.165, 1.54) is 12.1 Å². The van der Waals surface area contributed by atoms with Crippen LogP contribution in [0.15, 0.2) is 54.6 Å². The monoisotopic (exact) mass is 367 g/mol. The third-order valence-electron chi connectivity index (χ3n) is 5.16. The molecule has 0 aromatic heterocycles. The van der Waals surface area contributed by atoms with E-state index in [1.807, 2.05) is 35.2 Å². The molecule has 142 valence electrons. The smallest absolute Gasteiger partial charge is 0.269 e. The van der Waals surface area contributed by atoms with Crippen molar-refractivity contribution in [2.75, 3.05) is 18.4 Å². The quantitative estimate of drug-likeness (QED) is 0.613. The Balaban J connectivity index is 1.55. The predicted octanol–water partition coefficient (Wildman–Crippen LogP) is 4.19. The minimum atomic E-state index is -0.398. The number of piperidine rings is 1. The van der Waals surface area contributed by atoms with Crippen LogP contribution in [0.3, 0.4) is 0 Å². The van der Waals surface area contributed by atoms with Crippen LogP contribution in [0.5, 0.6) is 0 Å². The lowest BCUT2D eigenvalue weighted by atomic mass is 9.93. The van der Waals surface area contributed by atoms with Crippen LogP contribution in [0.4, 0.5) is 11.4 Å². The van der Waals surface area contributed by atoms with E-state index in [0.717, 1.165) is 43.6 Å². The molecule has 3 rings (SSSR count). The van der Waals surface area contributed by atoms with Gasteiger partial charge in [0.05, 0.1) is 10.8 Å². The second-order valence-corrected chi connectivity index (χ2v) is 6.92. The molecule has 0 spiro atoms. The van der Waals surface area contributed by atoms with Crippen LogP contribution in [0, 0.1) is 10.1 Å². The van der Waals surface area contributed by atoms with Crippen molar-refractivity contribution < 1.29 is 9.72 Å². The maximum Gasteiger partial charge on any atom is 0.269 e. The Hall–Kier alpha value is -2.89. The van der Waals surface area contributed by atoms with Crippen LogP contribution < -0.4 is 5.32 Å². The molecule has 2 aromatic carbocycles. The highest BCUT2D eigenvalue weighted by Crippen LogP contribution is 2.25. The van der Waals surface area contributed by atoms with Gasteiger partial charge in [0.2, 0.25) is 5.91 Å². The number of hydrogen-bond acceptors (Lipinski definition) is 4. The number of amides is 1. The number of nitro benzene ring substituents is 1. The molecule has 1 saturated heterocycles. The molecule has 1 amide bonds. The summed E-state index contributed by atoms with van der Waals surface area (Å²) in [5, 5.41) is 14.2. The Morgan fingerprint density at radius 1 is 1.15 bits per heavy atom. The van der Waals surface area contributed by atoms with Gasteiger partial charge in [0, 0.05) is 37.0 Å². The number of benzene rings is 2. The first kappa shape index (κ1) is 18.9. The van der Waals surface area contributed by atoms with Crippen molar-refractivity contribution in [2.45, 2.75) is 38.1 Å². The lowest BCUT2D eigenvalue weighted by molar-refractivity contribution is -0.384. The van der Waals surface area contributed by atoms with Crippen LogP contribution >= 0.6 is 0 Å². The molecule has 1 aliphatic heterocycles. The molecule has 1 unspecified atom stereocenters. The number of likely N-dealkylation sites (tertiary alicyclic amines) is 1. The lowest BCUT2D eigenvalue weighted by Crippen LogP contribution is -2.44. The molecule has 1 aliphatic rings. The van der Waals surface area contributed by atoms with E-state index < -0.39 is 4.92 Å². The highest BCUT2D eigenvalue weighted by molar-refractivity contribution is 5.83. The van der Waals surface area contributed by atoms with Gasteiger partial charge in [-0.15, -0.1) is 0 Å². The van der Waals surface area contributed by atoms with Crippen LogP contribution in [0.25, 0.3) is 0 Å². The van der Waals surface area contributed by atoms with Crippen LogP contribution in [-0.2, 0) is 4.79 Å².